The molecule has 6 N–H and O–H groups in total. The molecule has 2 unspecified atom stereocenters. The van der Waals surface area contributed by atoms with Crippen LogP contribution in [0.1, 0.15) is 32.4 Å². The summed E-state index contributed by atoms with van der Waals surface area (Å²) in [6, 6.07) is 0.277. The highest BCUT2D eigenvalue weighted by atomic mass is 35.5. The van der Waals surface area contributed by atoms with Crippen molar-refractivity contribution in [2.45, 2.75) is 62.1 Å². The lowest BCUT2D eigenvalue weighted by atomic mass is 9.93. The van der Waals surface area contributed by atoms with E-state index in [0.29, 0.717) is 11.2 Å². The summed E-state index contributed by atoms with van der Waals surface area (Å²) < 4.78 is 23.8. The number of fused-ring (bicyclic) bond motifs is 1. The van der Waals surface area contributed by atoms with Gasteiger partial charge >= 0.3 is 7.60 Å². The second-order valence-electron chi connectivity index (χ2n) is 8.17. The van der Waals surface area contributed by atoms with Crippen molar-refractivity contribution < 1.29 is 39.1 Å². The molecule has 2 fully saturated rings. The van der Waals surface area contributed by atoms with Crippen LogP contribution in [-0.2, 0) is 14.0 Å². The summed E-state index contributed by atoms with van der Waals surface area (Å²) in [6.07, 6.45) is -0.586. The van der Waals surface area contributed by atoms with Crippen molar-refractivity contribution in [3.63, 3.8) is 0 Å². The number of rotatable bonds is 8. The first kappa shape index (κ1) is 23.7. The van der Waals surface area contributed by atoms with Crippen molar-refractivity contribution >= 4 is 36.0 Å². The number of nitrogens with one attached hydrogen (secondary N) is 1. The highest BCUT2D eigenvalue weighted by molar-refractivity contribution is 7.53. The topological polar surface area (TPSA) is 192 Å². The van der Waals surface area contributed by atoms with Gasteiger partial charge < -0.3 is 39.9 Å². The molecule has 178 valence electrons. The van der Waals surface area contributed by atoms with Crippen molar-refractivity contribution in [2.75, 3.05) is 18.5 Å². The van der Waals surface area contributed by atoms with E-state index in [1.54, 1.807) is 0 Å². The molecule has 5 atom stereocenters. The Bertz CT molecular complexity index is 1030. The monoisotopic (exact) mass is 493 g/mol. The molecule has 4 rings (SSSR count). The Kier molecular flexibility index (Phi) is 6.49. The molecule has 0 amide bonds. The van der Waals surface area contributed by atoms with Gasteiger partial charge in [-0.25, -0.2) is 4.68 Å². The van der Waals surface area contributed by atoms with Crippen molar-refractivity contribution in [1.29, 1.82) is 0 Å². The van der Waals surface area contributed by atoms with Gasteiger partial charge in [0.05, 0.1) is 24.8 Å². The molecule has 0 aromatic carbocycles. The lowest BCUT2D eigenvalue weighted by molar-refractivity contribution is -0.104. The number of ether oxygens (including phenoxy) is 2. The van der Waals surface area contributed by atoms with Crippen molar-refractivity contribution in [1.82, 2.24) is 19.7 Å². The van der Waals surface area contributed by atoms with Gasteiger partial charge in [-0.15, -0.1) is 0 Å². The van der Waals surface area contributed by atoms with Crippen LogP contribution in [0.2, 0.25) is 5.28 Å². The Labute approximate surface area is 187 Å². The Morgan fingerprint density at radius 3 is 2.66 bits per heavy atom. The predicted molar refractivity (Wildman–Crippen MR) is 111 cm³/mol. The molecule has 1 saturated heterocycles. The first-order valence-electron chi connectivity index (χ1n) is 10.0. The summed E-state index contributed by atoms with van der Waals surface area (Å²) in [5.74, 6) is 0.504. The standard InChI is InChI=1S/C17H25ClN5O8P/c1-17(7-24,32(27,28)29)30-6-10-11(25)12(26)15(31-10)23-14-9(5-19-23)13(21-16(18)22-14)20-8-3-2-4-8/h5,8,10-12,15,24-26H,2-4,6-7H2,1H3,(H,20,21,22)(H2,27,28,29)/t10?,11-,12-,15-,17?/m1/s1. The van der Waals surface area contributed by atoms with Gasteiger partial charge in [-0.1, -0.05) is 0 Å². The lowest BCUT2D eigenvalue weighted by Gasteiger charge is -2.29. The SMILES string of the molecule is CC(CO)(OCC1O[C@@H](n2ncc3c(NC4CCC4)nc(Cl)nc32)[C@H](O)[C@@H]1O)P(=O)(O)O. The quantitative estimate of drug-likeness (QED) is 0.213. The van der Waals surface area contributed by atoms with E-state index in [1.165, 1.54) is 10.9 Å². The molecule has 2 aromatic rings. The molecule has 13 nitrogen and oxygen atoms in total. The molecule has 32 heavy (non-hydrogen) atoms. The molecule has 15 heteroatoms. The summed E-state index contributed by atoms with van der Waals surface area (Å²) in [4.78, 5) is 27.2. The maximum Gasteiger partial charge on any atom is 0.359 e. The van der Waals surface area contributed by atoms with Crippen LogP contribution < -0.4 is 5.32 Å². The fourth-order valence-corrected chi connectivity index (χ4v) is 4.09. The molecule has 0 spiro atoms. The molecule has 1 saturated carbocycles. The van der Waals surface area contributed by atoms with E-state index in [0.717, 1.165) is 26.2 Å². The number of aromatic nitrogens is 4. The minimum Gasteiger partial charge on any atom is -0.393 e. The van der Waals surface area contributed by atoms with Crippen LogP contribution in [-0.4, -0.2) is 87.8 Å². The van der Waals surface area contributed by atoms with Crippen molar-refractivity contribution in [3.05, 3.63) is 11.5 Å². The third-order valence-electron chi connectivity index (χ3n) is 5.92. The van der Waals surface area contributed by atoms with Gasteiger partial charge in [-0.2, -0.15) is 15.1 Å². The van der Waals surface area contributed by atoms with Crippen LogP contribution in [0.5, 0.6) is 0 Å². The van der Waals surface area contributed by atoms with Gasteiger partial charge in [0, 0.05) is 6.04 Å². The van der Waals surface area contributed by atoms with Gasteiger partial charge in [0.2, 0.25) is 5.28 Å². The number of aliphatic hydroxyl groups is 3. The van der Waals surface area contributed by atoms with Crippen LogP contribution in [0.4, 0.5) is 5.82 Å². The van der Waals surface area contributed by atoms with E-state index < -0.39 is 50.7 Å². The molecule has 0 radical (unpaired) electrons. The molecule has 1 aliphatic heterocycles. The third-order valence-corrected chi connectivity index (χ3v) is 7.59. The van der Waals surface area contributed by atoms with Gasteiger partial charge in [0.15, 0.2) is 17.2 Å². The number of halogens is 1. The van der Waals surface area contributed by atoms with E-state index in [1.807, 2.05) is 0 Å². The fourth-order valence-electron chi connectivity index (χ4n) is 3.49. The second kappa shape index (κ2) is 8.75. The predicted octanol–water partition coefficient (Wildman–Crippen LogP) is -0.0339. The summed E-state index contributed by atoms with van der Waals surface area (Å²) in [6.45, 7) is -0.415. The Morgan fingerprint density at radius 1 is 1.34 bits per heavy atom. The number of nitrogens with zero attached hydrogens (tertiary/aromatic N) is 4. The largest absolute Gasteiger partial charge is 0.393 e. The zero-order chi connectivity index (χ0) is 23.3. The number of hydrogen-bond donors (Lipinski definition) is 6. The van der Waals surface area contributed by atoms with Crippen LogP contribution in [0.3, 0.4) is 0 Å². The summed E-state index contributed by atoms with van der Waals surface area (Å²) in [5, 5.41) is 36.2. The van der Waals surface area contributed by atoms with Crippen LogP contribution in [0, 0.1) is 0 Å². The lowest BCUT2D eigenvalue weighted by Crippen LogP contribution is -2.39. The van der Waals surface area contributed by atoms with Crippen molar-refractivity contribution in [3.8, 4) is 0 Å². The molecule has 3 heterocycles. The Morgan fingerprint density at radius 2 is 2.06 bits per heavy atom. The van der Waals surface area contributed by atoms with E-state index in [2.05, 4.69) is 20.4 Å². The first-order valence-corrected chi connectivity index (χ1v) is 12.0. The second-order valence-corrected chi connectivity index (χ2v) is 10.5. The molecule has 1 aliphatic carbocycles. The number of aliphatic hydroxyl groups excluding tert-OH is 3. The Hall–Kier alpha value is -1.41. The molecular weight excluding hydrogens is 469 g/mol. The van der Waals surface area contributed by atoms with Gasteiger partial charge in [0.25, 0.3) is 0 Å². The summed E-state index contributed by atoms with van der Waals surface area (Å²) in [7, 11) is -4.82. The summed E-state index contributed by atoms with van der Waals surface area (Å²) in [5.41, 5.74) is 0.278. The van der Waals surface area contributed by atoms with E-state index >= 15 is 0 Å². The van der Waals surface area contributed by atoms with Gasteiger partial charge in [-0.3, -0.25) is 4.57 Å². The molecule has 2 aliphatic rings. The van der Waals surface area contributed by atoms with Crippen molar-refractivity contribution in [2.24, 2.45) is 0 Å². The normalized spacial score (nSPS) is 28.6. The zero-order valence-electron chi connectivity index (χ0n) is 17.1. The van der Waals surface area contributed by atoms with Gasteiger partial charge in [-0.05, 0) is 37.8 Å². The third kappa shape index (κ3) is 4.25. The van der Waals surface area contributed by atoms with E-state index in [9.17, 15) is 29.7 Å². The number of hydrogen-bond acceptors (Lipinski definition) is 10. The maximum atomic E-state index is 11.6. The summed E-state index contributed by atoms with van der Waals surface area (Å²) >= 11 is 6.08. The Balaban J connectivity index is 1.56. The average Bonchev–Trinajstić information content (AvgIpc) is 3.23. The van der Waals surface area contributed by atoms with E-state index in [4.69, 9.17) is 21.1 Å². The van der Waals surface area contributed by atoms with Crippen LogP contribution in [0.15, 0.2) is 6.20 Å². The zero-order valence-corrected chi connectivity index (χ0v) is 18.7. The minimum absolute atomic E-state index is 0.0330. The van der Waals surface area contributed by atoms with Gasteiger partial charge in [0.1, 0.15) is 24.1 Å². The van der Waals surface area contributed by atoms with E-state index in [-0.39, 0.29) is 17.0 Å². The molecular formula is C17H25ClN5O8P. The maximum absolute atomic E-state index is 11.6. The first-order chi connectivity index (χ1) is 15.0. The smallest absolute Gasteiger partial charge is 0.359 e. The fraction of sp³-hybridized carbons (Fsp3) is 0.706. The molecule has 0 bridgehead atoms. The highest BCUT2D eigenvalue weighted by Crippen LogP contribution is 2.51. The number of anilines is 1. The van der Waals surface area contributed by atoms with Crippen LogP contribution in [0.25, 0.3) is 11.0 Å². The average molecular weight is 494 g/mol. The minimum atomic E-state index is -4.82. The molecule has 2 aromatic heterocycles. The highest BCUT2D eigenvalue weighted by Gasteiger charge is 2.48. The van der Waals surface area contributed by atoms with Crippen LogP contribution >= 0.6 is 19.2 Å².